The van der Waals surface area contributed by atoms with Gasteiger partial charge in [0.25, 0.3) is 0 Å². The number of aromatic nitrogens is 1. The summed E-state index contributed by atoms with van der Waals surface area (Å²) in [6, 6.07) is 152. The van der Waals surface area contributed by atoms with Crippen molar-refractivity contribution in [3.63, 3.8) is 0 Å². The topological polar surface area (TPSA) is 83.2 Å². The number of anilines is 9. The van der Waals surface area contributed by atoms with Crippen LogP contribution in [0, 0.1) is 0 Å². The van der Waals surface area contributed by atoms with E-state index in [1.165, 1.54) is 87.9 Å². The second-order valence-electron chi connectivity index (χ2n) is 35.3. The van der Waals surface area contributed by atoms with E-state index in [9.17, 15) is 0 Å². The SMILES string of the molecule is CC1(C)c2ccccc2-c2ccc(N(c3ccc4c(c3)oc3ccccc34)c3cccc4c3Oc3ccccc3O4)cc21.CC1(C)c2ccccc2-c2ccc(N(c3ccc4c(ccc5ccccc54)c3)c3cccc4c3Oc3ccccc3O4)cc21.c1ccc(-c2ccc(N(c3ccc4c(c3)c3ccccc3n4-c3ccccc3)c3cccc4c3Oc3ccccc3O4)cc2)cc1. The maximum absolute atomic E-state index is 6.60. The van der Waals surface area contributed by atoms with E-state index >= 15 is 0 Å². The average Bonchev–Trinajstić information content (AvgIpc) is 1.79. The largest absolute Gasteiger partial charge is 0.456 e. The minimum absolute atomic E-state index is 0.120. The maximum atomic E-state index is 6.60. The van der Waals surface area contributed by atoms with Gasteiger partial charge in [0, 0.05) is 72.6 Å². The number of para-hydroxylation sites is 12. The lowest BCUT2D eigenvalue weighted by Gasteiger charge is -2.31. The van der Waals surface area contributed by atoms with Crippen LogP contribution in [0.15, 0.2) is 441 Å². The number of nitrogens with zero attached hydrogens (tertiary/aromatic N) is 4. The molecule has 11 nitrogen and oxygen atoms in total. The summed E-state index contributed by atoms with van der Waals surface area (Å²) in [7, 11) is 0. The van der Waals surface area contributed by atoms with Crippen LogP contribution >= 0.6 is 0 Å². The van der Waals surface area contributed by atoms with Gasteiger partial charge >= 0.3 is 0 Å². The molecule has 3 aliphatic heterocycles. The van der Waals surface area contributed by atoms with Crippen molar-refractivity contribution >= 4 is 116 Å². The van der Waals surface area contributed by atoms with Crippen molar-refractivity contribution in [1.29, 1.82) is 0 Å². The Morgan fingerprint density at radius 3 is 1.14 bits per heavy atom. The van der Waals surface area contributed by atoms with Crippen LogP contribution in [0.3, 0.4) is 0 Å². The van der Waals surface area contributed by atoms with Crippen molar-refractivity contribution < 1.29 is 32.8 Å². The molecule has 0 fully saturated rings. The highest BCUT2D eigenvalue weighted by molar-refractivity contribution is 6.12. The molecule has 0 bridgehead atoms. The summed E-state index contributed by atoms with van der Waals surface area (Å²) in [6.07, 6.45) is 0. The number of benzene rings is 20. The minimum atomic E-state index is -0.134. The highest BCUT2D eigenvalue weighted by atomic mass is 16.6. The zero-order chi connectivity index (χ0) is 88.6. The molecule has 0 N–H and O–H groups in total. The molecular formula is C122H84N4O7. The van der Waals surface area contributed by atoms with Crippen LogP contribution in [0.2, 0.25) is 0 Å². The first-order valence-electron chi connectivity index (χ1n) is 45.1. The van der Waals surface area contributed by atoms with E-state index in [0.717, 1.165) is 95.6 Å². The Kier molecular flexibility index (Phi) is 18.4. The molecule has 133 heavy (non-hydrogen) atoms. The highest BCUT2D eigenvalue weighted by Crippen LogP contribution is 2.60. The number of fused-ring (bicyclic) bond motifs is 21. The first kappa shape index (κ1) is 78.0. The lowest BCUT2D eigenvalue weighted by molar-refractivity contribution is 0.360. The Bertz CT molecular complexity index is 8440. The monoisotopic (exact) mass is 1720 g/mol. The van der Waals surface area contributed by atoms with Gasteiger partial charge in [0.05, 0.1) is 33.8 Å². The van der Waals surface area contributed by atoms with E-state index < -0.39 is 0 Å². The maximum Gasteiger partial charge on any atom is 0.194 e. The van der Waals surface area contributed by atoms with Crippen LogP contribution in [0.25, 0.3) is 104 Å². The Labute approximate surface area is 769 Å². The van der Waals surface area contributed by atoms with Gasteiger partial charge in [-0.2, -0.15) is 0 Å². The van der Waals surface area contributed by atoms with Crippen molar-refractivity contribution in [3.05, 3.63) is 459 Å². The van der Waals surface area contributed by atoms with Gasteiger partial charge in [0.2, 0.25) is 0 Å². The van der Waals surface area contributed by atoms with Gasteiger partial charge in [-0.1, -0.05) is 282 Å². The molecule has 5 aliphatic rings. The van der Waals surface area contributed by atoms with Gasteiger partial charge in [-0.3, -0.25) is 0 Å². The summed E-state index contributed by atoms with van der Waals surface area (Å²) in [5.74, 6) is 8.36. The summed E-state index contributed by atoms with van der Waals surface area (Å²) >= 11 is 0. The second kappa shape index (κ2) is 31.3. The van der Waals surface area contributed by atoms with E-state index in [1.807, 2.05) is 133 Å². The third kappa shape index (κ3) is 13.2. The van der Waals surface area contributed by atoms with Crippen molar-refractivity contribution in [2.24, 2.45) is 0 Å². The zero-order valence-electron chi connectivity index (χ0n) is 73.2. The van der Waals surface area contributed by atoms with Crippen LogP contribution in [0.1, 0.15) is 49.9 Å². The molecule has 11 heteroatoms. The van der Waals surface area contributed by atoms with Crippen LogP contribution in [0.4, 0.5) is 51.2 Å². The number of hydrogen-bond donors (Lipinski definition) is 0. The van der Waals surface area contributed by atoms with Crippen LogP contribution < -0.4 is 43.1 Å². The molecule has 0 saturated heterocycles. The van der Waals surface area contributed by atoms with E-state index in [4.69, 9.17) is 32.8 Å². The summed E-state index contributed by atoms with van der Waals surface area (Å²) in [5, 5.41) is 9.50. The lowest BCUT2D eigenvalue weighted by atomic mass is 9.82. The standard InChI is InChI=1S/C42H28N2O2.C41H29NO2.C39H27NO3/c1-3-12-29(13-4-1)30-22-24-32(25-23-30)43(38-18-11-21-41-42(38)46-40-20-10-9-19-39(40)45-41)33-26-27-37-35(28-33)34-16-7-8-17-36(34)44(37)31-14-5-2-6-15-31;1-41(2)34-13-6-5-12-32(34)33-23-21-29(25-35(33)41)42(28-20-22-31-27(24-28)19-18-26-10-3-4-11-30(26)31)36-14-9-17-39-40(36)44-38-16-8-7-15-37(38)43-39;1-39(2)30-12-5-3-10-26(30)27-20-18-24(22-31(27)39)40(25-19-21-29-28-11-4-6-14-33(28)41-37(29)23-25)32-13-9-17-36-38(32)43-35-16-8-7-15-34(35)42-36/h1-28H;3-25H,1-2H3;3-23H,1-2H3. The fourth-order valence-electron chi connectivity index (χ4n) is 20.5. The Morgan fingerprint density at radius 1 is 0.211 bits per heavy atom. The average molecular weight is 1720 g/mol. The van der Waals surface area contributed by atoms with Gasteiger partial charge in [-0.15, -0.1) is 0 Å². The summed E-state index contributed by atoms with van der Waals surface area (Å²) in [6.45, 7) is 9.27. The smallest absolute Gasteiger partial charge is 0.194 e. The van der Waals surface area contributed by atoms with Gasteiger partial charge < -0.3 is 52.1 Å². The second-order valence-corrected chi connectivity index (χ2v) is 35.3. The number of rotatable bonds is 11. The van der Waals surface area contributed by atoms with E-state index in [1.54, 1.807) is 0 Å². The fraction of sp³-hybridized carbons (Fsp3) is 0.0492. The molecule has 0 amide bonds. The minimum Gasteiger partial charge on any atom is -0.456 e. The van der Waals surface area contributed by atoms with Gasteiger partial charge in [0.15, 0.2) is 69.0 Å². The Hall–Kier alpha value is -17.3. The van der Waals surface area contributed by atoms with Crippen LogP contribution in [-0.4, -0.2) is 4.57 Å². The molecule has 634 valence electrons. The lowest BCUT2D eigenvalue weighted by Crippen LogP contribution is -2.17. The summed E-state index contributed by atoms with van der Waals surface area (Å²) in [4.78, 5) is 6.82. The normalized spacial score (nSPS) is 13.1. The molecule has 0 unspecified atom stereocenters. The molecule has 0 spiro atoms. The third-order valence-corrected chi connectivity index (χ3v) is 26.9. The molecule has 20 aromatic carbocycles. The summed E-state index contributed by atoms with van der Waals surface area (Å²) < 4.78 is 47.4. The van der Waals surface area contributed by atoms with Crippen LogP contribution in [-0.2, 0) is 10.8 Å². The van der Waals surface area contributed by atoms with Gasteiger partial charge in [0.1, 0.15) is 11.2 Å². The quantitative estimate of drug-likeness (QED) is 0.117. The first-order chi connectivity index (χ1) is 65.4. The van der Waals surface area contributed by atoms with Crippen LogP contribution in [0.5, 0.6) is 69.0 Å². The Balaban J connectivity index is 0.000000107. The molecule has 27 rings (SSSR count). The van der Waals surface area contributed by atoms with Crippen molar-refractivity contribution in [3.8, 4) is 108 Å². The predicted octanol–water partition coefficient (Wildman–Crippen LogP) is 34.7. The molecular weight excluding hydrogens is 1630 g/mol. The van der Waals surface area contributed by atoms with E-state index in [2.05, 4.69) is 350 Å². The van der Waals surface area contributed by atoms with E-state index in [-0.39, 0.29) is 10.8 Å². The third-order valence-electron chi connectivity index (χ3n) is 26.9. The number of furan rings is 1. The van der Waals surface area contributed by atoms with Crippen molar-refractivity contribution in [2.75, 3.05) is 14.7 Å². The molecule has 0 saturated carbocycles. The molecule has 0 atom stereocenters. The molecule has 0 radical (unpaired) electrons. The fourth-order valence-corrected chi connectivity index (χ4v) is 20.5. The molecule has 22 aromatic rings. The van der Waals surface area contributed by atoms with Crippen molar-refractivity contribution in [1.82, 2.24) is 4.57 Å². The van der Waals surface area contributed by atoms with Gasteiger partial charge in [-0.05, 0) is 253 Å². The molecule has 2 aromatic heterocycles. The van der Waals surface area contributed by atoms with E-state index in [0.29, 0.717) is 63.2 Å². The number of hydrogen-bond acceptors (Lipinski definition) is 10. The number of ether oxygens (including phenoxy) is 6. The highest BCUT2D eigenvalue weighted by Gasteiger charge is 2.40. The molecule has 5 heterocycles. The van der Waals surface area contributed by atoms with Crippen molar-refractivity contribution in [2.45, 2.75) is 38.5 Å². The first-order valence-corrected chi connectivity index (χ1v) is 45.1. The van der Waals surface area contributed by atoms with Gasteiger partial charge in [-0.25, -0.2) is 0 Å². The molecule has 2 aliphatic carbocycles. The summed E-state index contributed by atoms with van der Waals surface area (Å²) in [5.41, 5.74) is 26.6. The zero-order valence-corrected chi connectivity index (χ0v) is 73.2. The Morgan fingerprint density at radius 2 is 0.579 bits per heavy atom. The predicted molar refractivity (Wildman–Crippen MR) is 540 cm³/mol.